The lowest BCUT2D eigenvalue weighted by Crippen LogP contribution is -2.34. The van der Waals surface area contributed by atoms with Crippen LogP contribution in [0.2, 0.25) is 0 Å². The molecule has 2 aromatic heterocycles. The number of piperidine rings is 1. The van der Waals surface area contributed by atoms with Gasteiger partial charge in [-0.2, -0.15) is 0 Å². The van der Waals surface area contributed by atoms with Gasteiger partial charge in [-0.25, -0.2) is 4.98 Å². The topological polar surface area (TPSA) is 84.7 Å². The summed E-state index contributed by atoms with van der Waals surface area (Å²) in [7, 11) is 0. The highest BCUT2D eigenvalue weighted by Gasteiger charge is 2.22. The molecule has 0 spiro atoms. The van der Waals surface area contributed by atoms with Crippen molar-refractivity contribution in [2.45, 2.75) is 29.9 Å². The first-order valence-electron chi connectivity index (χ1n) is 9.25. The van der Waals surface area contributed by atoms with Crippen molar-refractivity contribution in [1.29, 1.82) is 0 Å². The van der Waals surface area contributed by atoms with Gasteiger partial charge >= 0.3 is 0 Å². The number of nitrogens with one attached hydrogen (secondary N) is 2. The quantitative estimate of drug-likeness (QED) is 0.476. The molecule has 28 heavy (non-hydrogen) atoms. The number of benzene rings is 1. The van der Waals surface area contributed by atoms with E-state index in [9.17, 15) is 4.79 Å². The van der Waals surface area contributed by atoms with E-state index < -0.39 is 0 Å². The molecule has 1 aliphatic rings. The normalized spacial score (nSPS) is 14.9. The van der Waals surface area contributed by atoms with E-state index in [1.165, 1.54) is 22.5 Å². The van der Waals surface area contributed by atoms with Crippen LogP contribution in [0, 0.1) is 12.8 Å². The standard InChI is InChI=1S/C19H22N6OS2/c1-13-10-16(25-9-8-21-12-25)3-2-15(13)11-27-19-24-23-18(28-19)22-17(26)14-4-6-20-7-5-14/h2-3,8-10,12,14,20H,4-7,11H2,1H3,(H,22,23,26). The summed E-state index contributed by atoms with van der Waals surface area (Å²) >= 11 is 3.07. The van der Waals surface area contributed by atoms with E-state index in [1.807, 2.05) is 10.8 Å². The van der Waals surface area contributed by atoms with Gasteiger partial charge in [0, 0.05) is 29.8 Å². The van der Waals surface area contributed by atoms with Crippen LogP contribution in [-0.4, -0.2) is 38.7 Å². The Morgan fingerprint density at radius 3 is 2.96 bits per heavy atom. The van der Waals surface area contributed by atoms with Crippen LogP contribution in [0.4, 0.5) is 5.13 Å². The average molecular weight is 415 g/mol. The number of aryl methyl sites for hydroxylation is 1. The predicted molar refractivity (Wildman–Crippen MR) is 112 cm³/mol. The summed E-state index contributed by atoms with van der Waals surface area (Å²) in [5.74, 6) is 0.936. The second-order valence-electron chi connectivity index (χ2n) is 6.76. The number of carbonyl (C=O) groups excluding carboxylic acids is 1. The van der Waals surface area contributed by atoms with Gasteiger partial charge in [-0.05, 0) is 56.1 Å². The van der Waals surface area contributed by atoms with Crippen LogP contribution in [0.5, 0.6) is 0 Å². The molecule has 1 saturated heterocycles. The molecule has 9 heteroatoms. The van der Waals surface area contributed by atoms with Crippen LogP contribution in [0.3, 0.4) is 0 Å². The molecule has 0 atom stereocenters. The zero-order chi connectivity index (χ0) is 19.3. The van der Waals surface area contributed by atoms with Crippen LogP contribution in [0.1, 0.15) is 24.0 Å². The predicted octanol–water partition coefficient (Wildman–Crippen LogP) is 3.26. The molecule has 0 saturated carbocycles. The summed E-state index contributed by atoms with van der Waals surface area (Å²) in [4.78, 5) is 16.4. The lowest BCUT2D eigenvalue weighted by molar-refractivity contribution is -0.120. The first kappa shape index (κ1) is 19.1. The molecular formula is C19H22N6OS2. The monoisotopic (exact) mass is 414 g/mol. The zero-order valence-electron chi connectivity index (χ0n) is 15.6. The van der Waals surface area contributed by atoms with Crippen molar-refractivity contribution in [2.24, 2.45) is 5.92 Å². The molecule has 0 unspecified atom stereocenters. The molecule has 3 heterocycles. The first-order valence-corrected chi connectivity index (χ1v) is 11.0. The Hall–Kier alpha value is -2.23. The Balaban J connectivity index is 1.33. The Kier molecular flexibility index (Phi) is 6.04. The fraction of sp³-hybridized carbons (Fsp3) is 0.368. The van der Waals surface area contributed by atoms with Gasteiger partial charge in [0.2, 0.25) is 11.0 Å². The summed E-state index contributed by atoms with van der Waals surface area (Å²) in [6.45, 7) is 3.91. The Morgan fingerprint density at radius 2 is 2.21 bits per heavy atom. The highest BCUT2D eigenvalue weighted by Crippen LogP contribution is 2.30. The van der Waals surface area contributed by atoms with Crippen molar-refractivity contribution in [3.8, 4) is 5.69 Å². The number of rotatable bonds is 6. The van der Waals surface area contributed by atoms with Crippen molar-refractivity contribution < 1.29 is 4.79 Å². The maximum absolute atomic E-state index is 12.3. The van der Waals surface area contributed by atoms with Gasteiger partial charge < -0.3 is 15.2 Å². The van der Waals surface area contributed by atoms with E-state index in [1.54, 1.807) is 24.3 Å². The summed E-state index contributed by atoms with van der Waals surface area (Å²) in [6, 6.07) is 6.39. The number of amides is 1. The molecule has 3 aromatic rings. The smallest absolute Gasteiger partial charge is 0.229 e. The molecule has 0 aliphatic carbocycles. The molecule has 0 bridgehead atoms. The number of imidazole rings is 1. The third-order valence-corrected chi connectivity index (χ3v) is 6.85. The molecule has 1 amide bonds. The second-order valence-corrected chi connectivity index (χ2v) is 8.96. The number of hydrogen-bond acceptors (Lipinski definition) is 7. The number of thioether (sulfide) groups is 1. The molecule has 7 nitrogen and oxygen atoms in total. The van der Waals surface area contributed by atoms with E-state index in [0.29, 0.717) is 5.13 Å². The van der Waals surface area contributed by atoms with Gasteiger partial charge in [0.25, 0.3) is 0 Å². The molecular weight excluding hydrogens is 392 g/mol. The number of hydrogen-bond donors (Lipinski definition) is 2. The van der Waals surface area contributed by atoms with E-state index in [-0.39, 0.29) is 11.8 Å². The van der Waals surface area contributed by atoms with Crippen LogP contribution in [0.25, 0.3) is 5.69 Å². The number of carbonyl (C=O) groups is 1. The number of nitrogens with zero attached hydrogens (tertiary/aromatic N) is 4. The lowest BCUT2D eigenvalue weighted by atomic mass is 9.97. The summed E-state index contributed by atoms with van der Waals surface area (Å²) in [5.41, 5.74) is 3.58. The summed E-state index contributed by atoms with van der Waals surface area (Å²) in [6.07, 6.45) is 7.26. The van der Waals surface area contributed by atoms with Gasteiger partial charge in [0.15, 0.2) is 4.34 Å². The maximum atomic E-state index is 12.3. The van der Waals surface area contributed by atoms with E-state index in [4.69, 9.17) is 0 Å². The van der Waals surface area contributed by atoms with Gasteiger partial charge in [0.1, 0.15) is 0 Å². The highest BCUT2D eigenvalue weighted by molar-refractivity contribution is 8.00. The van der Waals surface area contributed by atoms with Crippen LogP contribution in [-0.2, 0) is 10.5 Å². The molecule has 2 N–H and O–H groups in total. The highest BCUT2D eigenvalue weighted by atomic mass is 32.2. The van der Waals surface area contributed by atoms with Gasteiger partial charge in [-0.3, -0.25) is 4.79 Å². The van der Waals surface area contributed by atoms with Crippen molar-refractivity contribution in [1.82, 2.24) is 25.1 Å². The van der Waals surface area contributed by atoms with Crippen molar-refractivity contribution in [3.05, 3.63) is 48.0 Å². The Labute approximate surface area is 172 Å². The minimum atomic E-state index is 0.0557. The maximum Gasteiger partial charge on any atom is 0.229 e. The van der Waals surface area contributed by atoms with Crippen LogP contribution < -0.4 is 10.6 Å². The summed E-state index contributed by atoms with van der Waals surface area (Å²) < 4.78 is 2.85. The Bertz CT molecular complexity index is 934. The van der Waals surface area contributed by atoms with Gasteiger partial charge in [-0.15, -0.1) is 10.2 Å². The van der Waals surface area contributed by atoms with Gasteiger partial charge in [-0.1, -0.05) is 29.2 Å². The SMILES string of the molecule is Cc1cc(-n2ccnc2)ccc1CSc1nnc(NC(=O)C2CCNCC2)s1. The van der Waals surface area contributed by atoms with Crippen molar-refractivity contribution in [3.63, 3.8) is 0 Å². The van der Waals surface area contributed by atoms with Crippen molar-refractivity contribution in [2.75, 3.05) is 18.4 Å². The number of aromatic nitrogens is 4. The molecule has 1 fully saturated rings. The number of anilines is 1. The van der Waals surface area contributed by atoms with E-state index in [2.05, 4.69) is 50.9 Å². The largest absolute Gasteiger partial charge is 0.317 e. The third kappa shape index (κ3) is 4.60. The van der Waals surface area contributed by atoms with Crippen LogP contribution in [0.15, 0.2) is 41.3 Å². The molecule has 4 rings (SSSR count). The minimum Gasteiger partial charge on any atom is -0.317 e. The van der Waals surface area contributed by atoms with Crippen molar-refractivity contribution >= 4 is 34.1 Å². The zero-order valence-corrected chi connectivity index (χ0v) is 17.2. The molecule has 1 aliphatic heterocycles. The minimum absolute atomic E-state index is 0.0557. The fourth-order valence-electron chi connectivity index (χ4n) is 3.16. The second kappa shape index (κ2) is 8.85. The molecule has 0 radical (unpaired) electrons. The van der Waals surface area contributed by atoms with Gasteiger partial charge in [0.05, 0.1) is 6.33 Å². The third-order valence-electron chi connectivity index (χ3n) is 4.83. The van der Waals surface area contributed by atoms with Crippen LogP contribution >= 0.6 is 23.1 Å². The molecule has 1 aromatic carbocycles. The molecule has 146 valence electrons. The fourth-order valence-corrected chi connectivity index (χ4v) is 5.00. The first-order chi connectivity index (χ1) is 13.7. The lowest BCUT2D eigenvalue weighted by Gasteiger charge is -2.20. The summed E-state index contributed by atoms with van der Waals surface area (Å²) in [5, 5.41) is 15.1. The van der Waals surface area contributed by atoms with E-state index in [0.717, 1.165) is 41.7 Å². The average Bonchev–Trinajstić information content (AvgIpc) is 3.40. The Morgan fingerprint density at radius 1 is 1.36 bits per heavy atom. The van der Waals surface area contributed by atoms with E-state index >= 15 is 0 Å².